The summed E-state index contributed by atoms with van der Waals surface area (Å²) in [5, 5.41) is 0. The lowest BCUT2D eigenvalue weighted by molar-refractivity contribution is -0.120. The van der Waals surface area contributed by atoms with Crippen molar-refractivity contribution in [2.45, 2.75) is 45.6 Å². The summed E-state index contributed by atoms with van der Waals surface area (Å²) in [4.78, 5) is 14.5. The molecule has 0 saturated carbocycles. The van der Waals surface area contributed by atoms with Gasteiger partial charge in [-0.2, -0.15) is 0 Å². The van der Waals surface area contributed by atoms with Gasteiger partial charge in [-0.1, -0.05) is 51.1 Å². The number of rotatable bonds is 3. The summed E-state index contributed by atoms with van der Waals surface area (Å²) in [6.07, 6.45) is 0.905. The molecule has 1 heterocycles. The molecule has 3 nitrogen and oxygen atoms in total. The minimum absolute atomic E-state index is 0.00680. The molecule has 2 aromatic carbocycles. The Hall–Kier alpha value is -2.29. The Morgan fingerprint density at radius 1 is 1.12 bits per heavy atom. The van der Waals surface area contributed by atoms with Crippen molar-refractivity contribution in [3.05, 3.63) is 59.7 Å². The maximum absolute atomic E-state index is 12.6. The maximum atomic E-state index is 12.6. The summed E-state index contributed by atoms with van der Waals surface area (Å²) >= 11 is 0. The first-order valence-corrected chi connectivity index (χ1v) is 8.49. The highest BCUT2D eigenvalue weighted by Gasteiger charge is 2.30. The number of fused-ring (bicyclic) bond motifs is 1. The van der Waals surface area contributed by atoms with Crippen LogP contribution in [0.25, 0.3) is 0 Å². The van der Waals surface area contributed by atoms with Crippen LogP contribution in [0.15, 0.2) is 48.5 Å². The number of hydrogen-bond acceptors (Lipinski definition) is 2. The number of carbonyl (C=O) groups excluding carboxylic acids is 1. The number of hydrogen-bond donors (Lipinski definition) is 0. The fraction of sp³-hybridized carbons (Fsp3) is 0.381. The van der Waals surface area contributed by atoms with E-state index in [-0.39, 0.29) is 24.0 Å². The first-order valence-electron chi connectivity index (χ1n) is 8.49. The van der Waals surface area contributed by atoms with Crippen molar-refractivity contribution < 1.29 is 9.53 Å². The fourth-order valence-electron chi connectivity index (χ4n) is 3.21. The molecule has 2 aromatic rings. The molecule has 1 amide bonds. The van der Waals surface area contributed by atoms with Crippen molar-refractivity contribution in [2.24, 2.45) is 0 Å². The lowest BCUT2D eigenvalue weighted by Crippen LogP contribution is -2.39. The third-order valence-electron chi connectivity index (χ3n) is 4.56. The Labute approximate surface area is 144 Å². The highest BCUT2D eigenvalue weighted by atomic mass is 16.5. The van der Waals surface area contributed by atoms with Crippen LogP contribution in [0, 0.1) is 0 Å². The summed E-state index contributed by atoms with van der Waals surface area (Å²) in [6.45, 7) is 8.68. The van der Waals surface area contributed by atoms with E-state index < -0.39 is 0 Å². The molecular formula is C21H25NO2. The van der Waals surface area contributed by atoms with Crippen molar-refractivity contribution in [1.82, 2.24) is 0 Å². The quantitative estimate of drug-likeness (QED) is 0.841. The lowest BCUT2D eigenvalue weighted by Gasteiger charge is -2.23. The Kier molecular flexibility index (Phi) is 4.35. The van der Waals surface area contributed by atoms with E-state index in [1.165, 1.54) is 11.1 Å². The zero-order valence-corrected chi connectivity index (χ0v) is 14.9. The van der Waals surface area contributed by atoms with E-state index in [1.54, 1.807) is 0 Å². The third-order valence-corrected chi connectivity index (χ3v) is 4.56. The van der Waals surface area contributed by atoms with Gasteiger partial charge in [0.1, 0.15) is 5.75 Å². The van der Waals surface area contributed by atoms with Crippen molar-refractivity contribution in [2.75, 3.05) is 11.5 Å². The highest BCUT2D eigenvalue weighted by Crippen LogP contribution is 2.32. The molecule has 24 heavy (non-hydrogen) atoms. The predicted molar refractivity (Wildman–Crippen MR) is 97.7 cm³/mol. The summed E-state index contributed by atoms with van der Waals surface area (Å²) < 4.78 is 5.72. The zero-order valence-electron chi connectivity index (χ0n) is 14.9. The van der Waals surface area contributed by atoms with Crippen molar-refractivity contribution in [3.63, 3.8) is 0 Å². The second kappa shape index (κ2) is 6.31. The van der Waals surface area contributed by atoms with Gasteiger partial charge in [0.2, 0.25) is 0 Å². The van der Waals surface area contributed by atoms with Gasteiger partial charge < -0.3 is 9.64 Å². The molecule has 1 atom stereocenters. The number of benzene rings is 2. The molecule has 0 unspecified atom stereocenters. The maximum Gasteiger partial charge on any atom is 0.265 e. The van der Waals surface area contributed by atoms with Gasteiger partial charge in [0.15, 0.2) is 6.61 Å². The third kappa shape index (κ3) is 3.30. The van der Waals surface area contributed by atoms with E-state index in [4.69, 9.17) is 4.74 Å². The van der Waals surface area contributed by atoms with E-state index >= 15 is 0 Å². The Bertz CT molecular complexity index is 728. The molecule has 0 radical (unpaired) electrons. The van der Waals surface area contributed by atoms with Crippen LogP contribution in [0.3, 0.4) is 0 Å². The van der Waals surface area contributed by atoms with Gasteiger partial charge >= 0.3 is 0 Å². The molecule has 0 spiro atoms. The summed E-state index contributed by atoms with van der Waals surface area (Å²) in [7, 11) is 0. The van der Waals surface area contributed by atoms with Gasteiger partial charge in [0.05, 0.1) is 0 Å². The van der Waals surface area contributed by atoms with Crippen LogP contribution in [0.5, 0.6) is 5.75 Å². The SMILES string of the molecule is C[C@H]1Cc2ccccc2N1C(=O)COc1ccc(C(C)(C)C)cc1. The molecule has 1 aliphatic heterocycles. The number of carbonyl (C=O) groups is 1. The summed E-state index contributed by atoms with van der Waals surface area (Å²) in [6, 6.07) is 16.3. The van der Waals surface area contributed by atoms with Crippen molar-refractivity contribution in [1.29, 1.82) is 0 Å². The summed E-state index contributed by atoms with van der Waals surface area (Å²) in [5.41, 5.74) is 3.61. The Balaban J connectivity index is 1.66. The standard InChI is InChI=1S/C21H25NO2/c1-15-13-16-7-5-6-8-19(16)22(15)20(23)14-24-18-11-9-17(10-12-18)21(2,3)4/h5-12,15H,13-14H2,1-4H3/t15-/m0/s1. The van der Waals surface area contributed by atoms with Crippen LogP contribution in [0.1, 0.15) is 38.8 Å². The average molecular weight is 323 g/mol. The van der Waals surface area contributed by atoms with Gasteiger partial charge in [0, 0.05) is 11.7 Å². The molecule has 0 N–H and O–H groups in total. The minimum Gasteiger partial charge on any atom is -0.484 e. The van der Waals surface area contributed by atoms with E-state index in [0.717, 1.165) is 17.9 Å². The monoisotopic (exact) mass is 323 g/mol. The normalized spacial score (nSPS) is 16.8. The van der Waals surface area contributed by atoms with Gasteiger partial charge in [-0.25, -0.2) is 0 Å². The van der Waals surface area contributed by atoms with Gasteiger partial charge in [-0.15, -0.1) is 0 Å². The topological polar surface area (TPSA) is 29.5 Å². The molecule has 0 aromatic heterocycles. The van der Waals surface area contributed by atoms with E-state index in [0.29, 0.717) is 0 Å². The molecule has 126 valence electrons. The number of anilines is 1. The van der Waals surface area contributed by atoms with Crippen LogP contribution in [-0.4, -0.2) is 18.6 Å². The van der Waals surface area contributed by atoms with Crippen LogP contribution in [0.2, 0.25) is 0 Å². The predicted octanol–water partition coefficient (Wildman–Crippen LogP) is 4.34. The van der Waals surface area contributed by atoms with Gasteiger partial charge in [-0.05, 0) is 48.1 Å². The van der Waals surface area contributed by atoms with E-state index in [9.17, 15) is 4.79 Å². The van der Waals surface area contributed by atoms with E-state index in [1.807, 2.05) is 35.2 Å². The molecule has 3 rings (SSSR count). The first-order chi connectivity index (χ1) is 11.4. The zero-order chi connectivity index (χ0) is 17.3. The second-order valence-corrected chi connectivity index (χ2v) is 7.51. The highest BCUT2D eigenvalue weighted by molar-refractivity contribution is 5.97. The van der Waals surface area contributed by atoms with Gasteiger partial charge in [0.25, 0.3) is 5.91 Å². The molecule has 0 bridgehead atoms. The number of amides is 1. The molecule has 3 heteroatoms. The lowest BCUT2D eigenvalue weighted by atomic mass is 9.87. The van der Waals surface area contributed by atoms with Crippen molar-refractivity contribution >= 4 is 11.6 Å². The minimum atomic E-state index is 0.00680. The average Bonchev–Trinajstić information content (AvgIpc) is 2.88. The van der Waals surface area contributed by atoms with Crippen LogP contribution in [-0.2, 0) is 16.6 Å². The van der Waals surface area contributed by atoms with Crippen LogP contribution >= 0.6 is 0 Å². The fourth-order valence-corrected chi connectivity index (χ4v) is 3.21. The molecule has 0 aliphatic carbocycles. The Morgan fingerprint density at radius 3 is 2.46 bits per heavy atom. The van der Waals surface area contributed by atoms with Gasteiger partial charge in [-0.3, -0.25) is 4.79 Å². The summed E-state index contributed by atoms with van der Waals surface area (Å²) in [5.74, 6) is 0.740. The number of ether oxygens (including phenoxy) is 1. The molecule has 0 fully saturated rings. The molecule has 1 aliphatic rings. The molecular weight excluding hydrogens is 298 g/mol. The van der Waals surface area contributed by atoms with Crippen molar-refractivity contribution in [3.8, 4) is 5.75 Å². The molecule has 0 saturated heterocycles. The first kappa shape index (κ1) is 16.6. The van der Waals surface area contributed by atoms with E-state index in [2.05, 4.69) is 45.9 Å². The number of para-hydroxylation sites is 1. The Morgan fingerprint density at radius 2 is 1.79 bits per heavy atom. The largest absolute Gasteiger partial charge is 0.484 e. The van der Waals surface area contributed by atoms with Crippen LogP contribution < -0.4 is 9.64 Å². The van der Waals surface area contributed by atoms with Crippen LogP contribution in [0.4, 0.5) is 5.69 Å². The smallest absolute Gasteiger partial charge is 0.265 e. The second-order valence-electron chi connectivity index (χ2n) is 7.51. The number of nitrogens with zero attached hydrogens (tertiary/aromatic N) is 1.